The molecule has 2 aromatic carbocycles. The van der Waals surface area contributed by atoms with Gasteiger partial charge in [-0.1, -0.05) is 18.2 Å². The van der Waals surface area contributed by atoms with E-state index in [0.29, 0.717) is 18.6 Å². The molecule has 1 amide bonds. The molecule has 2 aliphatic carbocycles. The second kappa shape index (κ2) is 10.3. The Labute approximate surface area is 229 Å². The number of aryl methyl sites for hydroxylation is 2. The first-order chi connectivity index (χ1) is 18.4. The van der Waals surface area contributed by atoms with Gasteiger partial charge in [0.15, 0.2) is 0 Å². The van der Waals surface area contributed by atoms with Crippen molar-refractivity contribution in [1.82, 2.24) is 4.98 Å². The quantitative estimate of drug-likeness (QED) is 0.322. The van der Waals surface area contributed by atoms with Crippen LogP contribution in [0.1, 0.15) is 84.6 Å². The van der Waals surface area contributed by atoms with Crippen molar-refractivity contribution in [1.29, 1.82) is 0 Å². The summed E-state index contributed by atoms with van der Waals surface area (Å²) in [6.45, 7) is 8.92. The van der Waals surface area contributed by atoms with Gasteiger partial charge in [0.05, 0.1) is 24.3 Å². The van der Waals surface area contributed by atoms with E-state index in [1.807, 2.05) is 37.3 Å². The SMILES string of the molecule is CCOc1ccc2c(c1)N(C1CCC1)C(c1ccc(NC(=O)OC(C)C3CC3)cc1)C2c1nc(C)c(C)s1. The maximum absolute atomic E-state index is 12.4. The Hall–Kier alpha value is -3.06. The minimum Gasteiger partial charge on any atom is -0.494 e. The summed E-state index contributed by atoms with van der Waals surface area (Å²) in [6.07, 6.45) is 5.54. The molecule has 2 fully saturated rings. The van der Waals surface area contributed by atoms with Gasteiger partial charge in [-0.3, -0.25) is 5.32 Å². The average molecular weight is 532 g/mol. The number of hydrogen-bond donors (Lipinski definition) is 1. The van der Waals surface area contributed by atoms with Crippen LogP contribution in [0.25, 0.3) is 0 Å². The van der Waals surface area contributed by atoms with Gasteiger partial charge in [-0.15, -0.1) is 11.3 Å². The standard InChI is InChI=1S/C31H37N3O3S/c1-5-36-25-15-16-26-27(17-25)34(24-7-6-8-24)29(28(26)30-32-18(2)20(4)38-30)22-11-13-23(14-12-22)33-31(35)37-19(3)21-9-10-21/h11-17,19,21,24,28-29H,5-10H2,1-4H3,(H,33,35). The van der Waals surface area contributed by atoms with Crippen molar-refractivity contribution in [2.45, 2.75) is 83.9 Å². The van der Waals surface area contributed by atoms with E-state index in [9.17, 15) is 4.79 Å². The van der Waals surface area contributed by atoms with E-state index in [1.54, 1.807) is 0 Å². The molecule has 6 nitrogen and oxygen atoms in total. The predicted octanol–water partition coefficient (Wildman–Crippen LogP) is 7.75. The number of thiazole rings is 1. The summed E-state index contributed by atoms with van der Waals surface area (Å²) in [5.74, 6) is 1.57. The Morgan fingerprint density at radius 2 is 1.89 bits per heavy atom. The number of carbonyl (C=O) groups excluding carboxylic acids is 1. The molecular weight excluding hydrogens is 494 g/mol. The van der Waals surface area contributed by atoms with Gasteiger partial charge in [0.25, 0.3) is 0 Å². The smallest absolute Gasteiger partial charge is 0.411 e. The summed E-state index contributed by atoms with van der Waals surface area (Å²) in [7, 11) is 0. The van der Waals surface area contributed by atoms with Crippen molar-refractivity contribution in [2.75, 3.05) is 16.8 Å². The lowest BCUT2D eigenvalue weighted by molar-refractivity contribution is 0.108. The molecule has 3 aromatic rings. The van der Waals surface area contributed by atoms with Crippen LogP contribution in [0.3, 0.4) is 0 Å². The summed E-state index contributed by atoms with van der Waals surface area (Å²) < 4.78 is 11.5. The van der Waals surface area contributed by atoms with Crippen LogP contribution in [0.5, 0.6) is 5.75 Å². The molecule has 0 spiro atoms. The first-order valence-electron chi connectivity index (χ1n) is 14.0. The molecule has 1 aliphatic heterocycles. The molecule has 1 N–H and O–H groups in total. The van der Waals surface area contributed by atoms with Crippen LogP contribution in [0.15, 0.2) is 42.5 Å². The third-order valence-electron chi connectivity index (χ3n) is 8.40. The second-order valence-electron chi connectivity index (χ2n) is 11.0. The normalized spacial score (nSPS) is 21.5. The molecule has 3 atom stereocenters. The molecule has 3 aliphatic rings. The van der Waals surface area contributed by atoms with Crippen molar-refractivity contribution in [3.05, 3.63) is 69.2 Å². The van der Waals surface area contributed by atoms with Crippen LogP contribution < -0.4 is 15.0 Å². The Kier molecular flexibility index (Phi) is 6.81. The number of anilines is 2. The van der Waals surface area contributed by atoms with Gasteiger partial charge in [-0.2, -0.15) is 0 Å². The monoisotopic (exact) mass is 531 g/mol. The van der Waals surface area contributed by atoms with E-state index < -0.39 is 0 Å². The number of amides is 1. The van der Waals surface area contributed by atoms with Crippen LogP contribution in [-0.2, 0) is 4.74 Å². The third kappa shape index (κ3) is 4.77. The molecule has 2 saturated carbocycles. The molecule has 0 bridgehead atoms. The molecule has 1 aromatic heterocycles. The van der Waals surface area contributed by atoms with Gasteiger partial charge in [0, 0.05) is 28.4 Å². The Morgan fingerprint density at radius 1 is 1.13 bits per heavy atom. The first-order valence-corrected chi connectivity index (χ1v) is 14.8. The lowest BCUT2D eigenvalue weighted by Gasteiger charge is -2.42. The lowest BCUT2D eigenvalue weighted by atomic mass is 9.87. The largest absolute Gasteiger partial charge is 0.494 e. The average Bonchev–Trinajstić information content (AvgIpc) is 3.60. The molecule has 3 unspecified atom stereocenters. The summed E-state index contributed by atoms with van der Waals surface area (Å²) in [4.78, 5) is 21.4. The van der Waals surface area contributed by atoms with Crippen molar-refractivity contribution in [2.24, 2.45) is 5.92 Å². The molecule has 7 heteroatoms. The first kappa shape index (κ1) is 25.2. The number of nitrogens with zero attached hydrogens (tertiary/aromatic N) is 2. The third-order valence-corrected chi connectivity index (χ3v) is 9.55. The zero-order valence-corrected chi connectivity index (χ0v) is 23.5. The van der Waals surface area contributed by atoms with Crippen LogP contribution in [-0.4, -0.2) is 29.8 Å². The maximum atomic E-state index is 12.4. The summed E-state index contributed by atoms with van der Waals surface area (Å²) >= 11 is 1.81. The Morgan fingerprint density at radius 3 is 2.50 bits per heavy atom. The van der Waals surface area contributed by atoms with E-state index in [1.165, 1.54) is 41.0 Å². The van der Waals surface area contributed by atoms with Gasteiger partial charge in [0.2, 0.25) is 0 Å². The number of aromatic nitrogens is 1. The number of hydrogen-bond acceptors (Lipinski definition) is 6. The highest BCUT2D eigenvalue weighted by atomic mass is 32.1. The number of fused-ring (bicyclic) bond motifs is 1. The van der Waals surface area contributed by atoms with E-state index in [2.05, 4.69) is 54.4 Å². The van der Waals surface area contributed by atoms with Gasteiger partial charge >= 0.3 is 6.09 Å². The van der Waals surface area contributed by atoms with E-state index >= 15 is 0 Å². The van der Waals surface area contributed by atoms with Gasteiger partial charge in [-0.25, -0.2) is 9.78 Å². The zero-order chi connectivity index (χ0) is 26.4. The molecule has 0 radical (unpaired) electrons. The number of nitrogens with one attached hydrogen (secondary N) is 1. The van der Waals surface area contributed by atoms with Gasteiger partial charge in [0.1, 0.15) is 16.9 Å². The van der Waals surface area contributed by atoms with Crippen LogP contribution in [0.2, 0.25) is 0 Å². The second-order valence-corrected chi connectivity index (χ2v) is 12.2. The molecule has 200 valence electrons. The van der Waals surface area contributed by atoms with Gasteiger partial charge < -0.3 is 14.4 Å². The molecule has 2 heterocycles. The van der Waals surface area contributed by atoms with Crippen molar-refractivity contribution < 1.29 is 14.3 Å². The van der Waals surface area contributed by atoms with Gasteiger partial charge in [-0.05, 0) is 95.0 Å². The fourth-order valence-corrected chi connectivity index (χ4v) is 6.90. The molecule has 0 saturated heterocycles. The van der Waals surface area contributed by atoms with Crippen LogP contribution >= 0.6 is 11.3 Å². The number of carbonyl (C=O) groups is 1. The highest BCUT2D eigenvalue weighted by molar-refractivity contribution is 7.11. The van der Waals surface area contributed by atoms with E-state index in [0.717, 1.165) is 35.0 Å². The summed E-state index contributed by atoms with van der Waals surface area (Å²) in [5, 5.41) is 4.08. The number of benzene rings is 2. The fourth-order valence-electron chi connectivity index (χ4n) is 5.83. The minimum atomic E-state index is -0.378. The van der Waals surface area contributed by atoms with E-state index in [4.69, 9.17) is 14.5 Å². The maximum Gasteiger partial charge on any atom is 0.411 e. The number of rotatable bonds is 8. The Bertz CT molecular complexity index is 1290. The molecular formula is C31H37N3O3S. The van der Waals surface area contributed by atoms with Crippen LogP contribution in [0.4, 0.5) is 16.2 Å². The topological polar surface area (TPSA) is 63.7 Å². The summed E-state index contributed by atoms with van der Waals surface area (Å²) in [6, 6.07) is 15.5. The minimum absolute atomic E-state index is 0.0325. The van der Waals surface area contributed by atoms with Crippen molar-refractivity contribution in [3.63, 3.8) is 0 Å². The number of ether oxygens (including phenoxy) is 2. The summed E-state index contributed by atoms with van der Waals surface area (Å²) in [5.41, 5.74) is 5.67. The zero-order valence-electron chi connectivity index (χ0n) is 22.7. The molecule has 38 heavy (non-hydrogen) atoms. The van der Waals surface area contributed by atoms with Crippen LogP contribution in [0, 0.1) is 19.8 Å². The highest BCUT2D eigenvalue weighted by Crippen LogP contribution is 2.56. The fraction of sp³-hybridized carbons (Fsp3) is 0.484. The Balaban J connectivity index is 1.34. The molecule has 6 rings (SSSR count). The predicted molar refractivity (Wildman–Crippen MR) is 153 cm³/mol. The van der Waals surface area contributed by atoms with E-state index in [-0.39, 0.29) is 24.2 Å². The van der Waals surface area contributed by atoms with Crippen molar-refractivity contribution in [3.8, 4) is 5.75 Å². The van der Waals surface area contributed by atoms with Crippen molar-refractivity contribution >= 4 is 28.8 Å². The highest BCUT2D eigenvalue weighted by Gasteiger charge is 2.46. The lowest BCUT2D eigenvalue weighted by Crippen LogP contribution is -2.41.